The van der Waals surface area contributed by atoms with Crippen molar-refractivity contribution in [3.63, 3.8) is 0 Å². The van der Waals surface area contributed by atoms with Crippen molar-refractivity contribution in [3.8, 4) is 0 Å². The summed E-state index contributed by atoms with van der Waals surface area (Å²) in [5.41, 5.74) is 0. The van der Waals surface area contributed by atoms with E-state index in [-0.39, 0.29) is 42.4 Å². The van der Waals surface area contributed by atoms with Gasteiger partial charge < -0.3 is 22.7 Å². The summed E-state index contributed by atoms with van der Waals surface area (Å²) in [4.78, 5) is 0. The summed E-state index contributed by atoms with van der Waals surface area (Å²) in [7, 11) is 0. The van der Waals surface area contributed by atoms with Crippen LogP contribution in [-0.2, 0) is 21.7 Å². The van der Waals surface area contributed by atoms with Crippen LogP contribution in [0.3, 0.4) is 0 Å². The minimum atomic E-state index is 0. The van der Waals surface area contributed by atoms with Gasteiger partial charge in [0, 0.05) is 21.7 Å². The van der Waals surface area contributed by atoms with Gasteiger partial charge in [0.15, 0.2) is 0 Å². The van der Waals surface area contributed by atoms with Crippen LogP contribution in [0.25, 0.3) is 0 Å². The maximum Gasteiger partial charge on any atom is 0.0751 e. The predicted molar refractivity (Wildman–Crippen MR) is 63.0 cm³/mol. The molecule has 0 saturated heterocycles. The molecule has 0 fully saturated rings. The number of aliphatic hydroxyl groups is 3. The van der Waals surface area contributed by atoms with Crippen LogP contribution >= 0.6 is 0 Å². The van der Waals surface area contributed by atoms with Gasteiger partial charge in [-0.15, -0.1) is 13.2 Å². The molecule has 0 amide bonds. The summed E-state index contributed by atoms with van der Waals surface area (Å²) in [5, 5.41) is 23.4. The second kappa shape index (κ2) is 49.4. The maximum absolute atomic E-state index is 7.89. The van der Waals surface area contributed by atoms with E-state index in [9.17, 15) is 0 Å². The Morgan fingerprint density at radius 3 is 1.33 bits per heavy atom. The normalized spacial score (nSPS) is 6.60. The minimum absolute atomic E-state index is 0. The molecular weight excluding hydrogens is 228 g/mol. The third-order valence-corrected chi connectivity index (χ3v) is 0.599. The van der Waals surface area contributed by atoms with E-state index >= 15 is 0 Å². The van der Waals surface area contributed by atoms with Crippen LogP contribution in [-0.4, -0.2) is 28.5 Å². The zero-order valence-corrected chi connectivity index (χ0v) is 11.2. The number of hydrogen-bond donors (Lipinski definition) is 3. The van der Waals surface area contributed by atoms with Crippen LogP contribution in [0.2, 0.25) is 0 Å². The molecule has 0 radical (unpaired) electrons. The van der Waals surface area contributed by atoms with E-state index < -0.39 is 0 Å². The third kappa shape index (κ3) is 139. The Balaban J connectivity index is -0.0000000315. The van der Waals surface area contributed by atoms with Crippen LogP contribution in [0.15, 0.2) is 37.6 Å². The summed E-state index contributed by atoms with van der Waals surface area (Å²) in [6, 6.07) is 0. The van der Waals surface area contributed by atoms with Gasteiger partial charge in [-0.2, -0.15) is 0 Å². The van der Waals surface area contributed by atoms with Crippen molar-refractivity contribution in [2.24, 2.45) is 0 Å². The van der Waals surface area contributed by atoms with Crippen molar-refractivity contribution >= 4 is 0 Å². The van der Waals surface area contributed by atoms with Gasteiger partial charge in [-0.3, -0.25) is 0 Å². The summed E-state index contributed by atoms with van der Waals surface area (Å²) in [6.07, 6.45) is 6.51. The fourth-order valence-corrected chi connectivity index (χ4v) is 0.105. The van der Waals surface area contributed by atoms with Gasteiger partial charge in [-0.05, 0) is 6.42 Å². The average molecular weight is 251 g/mol. The van der Waals surface area contributed by atoms with Gasteiger partial charge in [0.2, 0.25) is 0 Å². The summed E-state index contributed by atoms with van der Waals surface area (Å²) < 4.78 is 0. The van der Waals surface area contributed by atoms with Crippen LogP contribution in [0.4, 0.5) is 0 Å². The average Bonchev–Trinajstić information content (AvgIpc) is 2.20. The van der Waals surface area contributed by atoms with Gasteiger partial charge in [0.05, 0.1) is 19.5 Å². The maximum atomic E-state index is 7.89. The second-order valence-electron chi connectivity index (χ2n) is 1.74. The zero-order valence-electron chi connectivity index (χ0n) is 9.69. The molecular formula is C11H23O3Ti-. The standard InChI is InChI=1S/C4H8O.2C3H6O.CH3.Ti/c1-2-3-4-5;2*1-2-3-4;;/h3-5H,2H2,1H3;2*2,4H,1,3H2;1H3;/q;;;-1;. The molecule has 15 heavy (non-hydrogen) atoms. The van der Waals surface area contributed by atoms with Crippen molar-refractivity contribution in [3.05, 3.63) is 45.1 Å². The fourth-order valence-electron chi connectivity index (χ4n) is 0.105. The number of hydrogen-bond acceptors (Lipinski definition) is 3. The molecule has 0 aliphatic carbocycles. The van der Waals surface area contributed by atoms with Crippen LogP contribution in [0.5, 0.6) is 0 Å². The van der Waals surface area contributed by atoms with Crippen molar-refractivity contribution < 1.29 is 37.0 Å². The van der Waals surface area contributed by atoms with Crippen molar-refractivity contribution in [1.82, 2.24) is 0 Å². The molecule has 0 saturated carbocycles. The molecule has 0 unspecified atom stereocenters. The molecule has 0 aromatic rings. The van der Waals surface area contributed by atoms with E-state index in [4.69, 9.17) is 15.3 Å². The van der Waals surface area contributed by atoms with Crippen molar-refractivity contribution in [2.75, 3.05) is 13.2 Å². The van der Waals surface area contributed by atoms with Gasteiger partial charge in [-0.25, -0.2) is 0 Å². The number of aliphatic hydroxyl groups excluding tert-OH is 3. The van der Waals surface area contributed by atoms with Crippen molar-refractivity contribution in [1.29, 1.82) is 0 Å². The number of rotatable bonds is 3. The molecule has 90 valence electrons. The molecule has 0 aliphatic heterocycles. The minimum Gasteiger partial charge on any atom is -0.516 e. The second-order valence-corrected chi connectivity index (χ2v) is 1.74. The first-order valence-corrected chi connectivity index (χ1v) is 3.97. The molecule has 4 heteroatoms. The molecule has 0 heterocycles. The van der Waals surface area contributed by atoms with Crippen molar-refractivity contribution in [2.45, 2.75) is 13.3 Å². The zero-order chi connectivity index (χ0) is 10.9. The molecule has 3 nitrogen and oxygen atoms in total. The number of allylic oxidation sites excluding steroid dienone is 1. The molecule has 0 atom stereocenters. The van der Waals surface area contributed by atoms with Crippen LogP contribution < -0.4 is 0 Å². The van der Waals surface area contributed by atoms with E-state index in [1.54, 1.807) is 6.08 Å². The molecule has 0 spiro atoms. The van der Waals surface area contributed by atoms with E-state index in [1.165, 1.54) is 12.2 Å². The Bertz CT molecular complexity index is 106. The van der Waals surface area contributed by atoms with E-state index in [2.05, 4.69) is 13.2 Å². The van der Waals surface area contributed by atoms with Gasteiger partial charge in [-0.1, -0.05) is 25.2 Å². The van der Waals surface area contributed by atoms with Crippen LogP contribution in [0.1, 0.15) is 13.3 Å². The fraction of sp³-hybridized carbons (Fsp3) is 0.364. The summed E-state index contributed by atoms with van der Waals surface area (Å²) in [5.74, 6) is 0. The van der Waals surface area contributed by atoms with Gasteiger partial charge >= 0.3 is 0 Å². The Labute approximate surface area is 109 Å². The smallest absolute Gasteiger partial charge is 0.0751 e. The Kier molecular flexibility index (Phi) is 96.5. The summed E-state index contributed by atoms with van der Waals surface area (Å²) in [6.45, 7) is 8.59. The molecule has 0 aliphatic rings. The van der Waals surface area contributed by atoms with E-state index in [1.807, 2.05) is 6.92 Å². The monoisotopic (exact) mass is 251 g/mol. The van der Waals surface area contributed by atoms with Gasteiger partial charge in [0.1, 0.15) is 0 Å². The van der Waals surface area contributed by atoms with E-state index in [0.29, 0.717) is 0 Å². The first-order valence-electron chi connectivity index (χ1n) is 3.97. The molecule has 0 aromatic carbocycles. The molecule has 3 N–H and O–H groups in total. The Morgan fingerprint density at radius 2 is 1.33 bits per heavy atom. The topological polar surface area (TPSA) is 60.7 Å². The molecule has 0 aromatic heterocycles. The quantitative estimate of drug-likeness (QED) is 0.312. The van der Waals surface area contributed by atoms with Crippen LogP contribution in [0, 0.1) is 7.43 Å². The summed E-state index contributed by atoms with van der Waals surface area (Å²) >= 11 is 0. The molecule has 0 bridgehead atoms. The SMILES string of the molecule is C=CCO.C=CCO.CCC=CO.[CH3-].[Ti]. The van der Waals surface area contributed by atoms with E-state index in [0.717, 1.165) is 12.7 Å². The largest absolute Gasteiger partial charge is 0.516 e. The Hall–Kier alpha value is -0.346. The first kappa shape index (κ1) is 29.3. The first-order chi connectivity index (χ1) is 6.24. The van der Waals surface area contributed by atoms with Gasteiger partial charge in [0.25, 0.3) is 0 Å². The predicted octanol–water partition coefficient (Wildman–Crippen LogP) is 2.25. The Morgan fingerprint density at radius 1 is 1.07 bits per heavy atom. The molecule has 0 rings (SSSR count). The third-order valence-electron chi connectivity index (χ3n) is 0.599.